The highest BCUT2D eigenvalue weighted by Crippen LogP contribution is 2.43. The lowest BCUT2D eigenvalue weighted by Gasteiger charge is -2.45. The second-order valence-electron chi connectivity index (χ2n) is 10.7. The molecule has 2 aliphatic rings. The van der Waals surface area contributed by atoms with Crippen LogP contribution in [-0.2, 0) is 22.4 Å². The maximum atomic E-state index is 13.0. The van der Waals surface area contributed by atoms with Gasteiger partial charge >= 0.3 is 0 Å². The Morgan fingerprint density at radius 3 is 2.38 bits per heavy atom. The third-order valence-electron chi connectivity index (χ3n) is 8.25. The fourth-order valence-electron chi connectivity index (χ4n) is 6.12. The number of piperidine rings is 2. The van der Waals surface area contributed by atoms with E-state index in [1.807, 2.05) is 65.6 Å². The van der Waals surface area contributed by atoms with E-state index >= 15 is 0 Å². The second kappa shape index (κ2) is 11.2. The summed E-state index contributed by atoms with van der Waals surface area (Å²) in [5.41, 5.74) is 2.18. The molecule has 0 aromatic heterocycles. The molecule has 37 heavy (non-hydrogen) atoms. The molecule has 3 unspecified atom stereocenters. The fourth-order valence-corrected chi connectivity index (χ4v) is 6.42. The van der Waals surface area contributed by atoms with Gasteiger partial charge in [0.05, 0.1) is 15.6 Å². The number of rotatable bonds is 7. The molecule has 1 amide bonds. The quantitative estimate of drug-likeness (QED) is 0.363. The summed E-state index contributed by atoms with van der Waals surface area (Å²) in [6.45, 7) is 2.00. The zero-order chi connectivity index (χ0) is 25.9. The van der Waals surface area contributed by atoms with E-state index in [0.717, 1.165) is 42.5 Å². The Labute approximate surface area is 229 Å². The first-order chi connectivity index (χ1) is 17.9. The Morgan fingerprint density at radius 2 is 1.65 bits per heavy atom. The maximum Gasteiger partial charge on any atom is 0.222 e. The van der Waals surface area contributed by atoms with Crippen molar-refractivity contribution in [2.24, 2.45) is 0 Å². The molecule has 0 radical (unpaired) electrons. The highest BCUT2D eigenvalue weighted by molar-refractivity contribution is 6.42. The summed E-state index contributed by atoms with van der Waals surface area (Å²) in [7, 11) is 0. The van der Waals surface area contributed by atoms with Gasteiger partial charge in [0.25, 0.3) is 0 Å². The summed E-state index contributed by atoms with van der Waals surface area (Å²) < 4.78 is 0. The van der Waals surface area contributed by atoms with Crippen molar-refractivity contribution in [2.45, 2.75) is 62.1 Å². The first-order valence-electron chi connectivity index (χ1n) is 13.2. The molecule has 2 saturated heterocycles. The molecule has 2 fully saturated rings. The molecule has 0 bridgehead atoms. The van der Waals surface area contributed by atoms with Crippen molar-refractivity contribution in [3.63, 3.8) is 0 Å². The van der Waals surface area contributed by atoms with Crippen LogP contribution >= 0.6 is 23.2 Å². The summed E-state index contributed by atoms with van der Waals surface area (Å²) in [6.07, 6.45) is 4.41. The van der Waals surface area contributed by atoms with E-state index in [4.69, 9.17) is 23.2 Å². The van der Waals surface area contributed by atoms with Gasteiger partial charge in [0.1, 0.15) is 0 Å². The van der Waals surface area contributed by atoms with Crippen LogP contribution in [0.25, 0.3) is 0 Å². The van der Waals surface area contributed by atoms with Crippen LogP contribution in [0.1, 0.15) is 55.2 Å². The summed E-state index contributed by atoms with van der Waals surface area (Å²) in [4.78, 5) is 15.0. The fraction of sp³-hybridized carbons (Fsp3) is 0.387. The van der Waals surface area contributed by atoms with Gasteiger partial charge in [0.2, 0.25) is 5.91 Å². The highest BCUT2D eigenvalue weighted by atomic mass is 35.5. The molecular weight excluding hydrogens is 503 g/mol. The smallest absolute Gasteiger partial charge is 0.222 e. The van der Waals surface area contributed by atoms with Crippen LogP contribution in [0.3, 0.4) is 0 Å². The Balaban J connectivity index is 1.39. The van der Waals surface area contributed by atoms with E-state index in [9.17, 15) is 9.90 Å². The number of nitrogens with zero attached hydrogens (tertiary/aromatic N) is 1. The minimum atomic E-state index is -0.824. The van der Waals surface area contributed by atoms with Gasteiger partial charge in [-0.25, -0.2) is 0 Å². The van der Waals surface area contributed by atoms with Gasteiger partial charge in [-0.15, -0.1) is 0 Å². The third-order valence-corrected chi connectivity index (χ3v) is 8.99. The molecule has 3 aromatic carbocycles. The summed E-state index contributed by atoms with van der Waals surface area (Å²) in [5.74, 6) is 0.189. The van der Waals surface area contributed by atoms with Crippen LogP contribution in [-0.4, -0.2) is 35.0 Å². The normalized spacial score (nSPS) is 26.3. The van der Waals surface area contributed by atoms with Crippen molar-refractivity contribution in [2.75, 3.05) is 13.1 Å². The molecule has 5 rings (SSSR count). The van der Waals surface area contributed by atoms with E-state index in [-0.39, 0.29) is 17.4 Å². The molecule has 0 spiro atoms. The van der Waals surface area contributed by atoms with Crippen molar-refractivity contribution in [1.29, 1.82) is 0 Å². The average Bonchev–Trinajstić information content (AvgIpc) is 2.92. The number of hydrogen-bond acceptors (Lipinski definition) is 3. The van der Waals surface area contributed by atoms with Crippen molar-refractivity contribution < 1.29 is 9.90 Å². The van der Waals surface area contributed by atoms with Crippen LogP contribution in [0.2, 0.25) is 10.0 Å². The summed E-state index contributed by atoms with van der Waals surface area (Å²) in [6, 6.07) is 26.3. The number of benzene rings is 3. The Morgan fingerprint density at radius 1 is 0.919 bits per heavy atom. The maximum absolute atomic E-state index is 13.0. The molecule has 2 heterocycles. The van der Waals surface area contributed by atoms with E-state index < -0.39 is 5.60 Å². The lowest BCUT2D eigenvalue weighted by molar-refractivity contribution is -0.136. The molecule has 4 nitrogen and oxygen atoms in total. The minimum Gasteiger partial charge on any atom is -0.385 e. The van der Waals surface area contributed by atoms with Crippen molar-refractivity contribution in [1.82, 2.24) is 10.2 Å². The second-order valence-corrected chi connectivity index (χ2v) is 11.5. The van der Waals surface area contributed by atoms with Crippen molar-refractivity contribution in [3.05, 3.63) is 106 Å². The predicted octanol–water partition coefficient (Wildman–Crippen LogP) is 6.47. The Bertz CT molecular complexity index is 1220. The molecule has 0 aliphatic carbocycles. The molecule has 3 atom stereocenters. The van der Waals surface area contributed by atoms with E-state index in [1.54, 1.807) is 0 Å². The van der Waals surface area contributed by atoms with Gasteiger partial charge < -0.3 is 15.3 Å². The largest absolute Gasteiger partial charge is 0.385 e. The minimum absolute atomic E-state index is 0.179. The van der Waals surface area contributed by atoms with E-state index in [1.165, 1.54) is 0 Å². The van der Waals surface area contributed by atoms with E-state index in [0.29, 0.717) is 42.4 Å². The van der Waals surface area contributed by atoms with Gasteiger partial charge in [-0.2, -0.15) is 0 Å². The number of halogens is 2. The number of amides is 1. The summed E-state index contributed by atoms with van der Waals surface area (Å²) in [5, 5.41) is 16.2. The average molecular weight is 538 g/mol. The van der Waals surface area contributed by atoms with Gasteiger partial charge in [-0.1, -0.05) is 89.9 Å². The highest BCUT2D eigenvalue weighted by Gasteiger charge is 2.42. The number of carbonyl (C=O) groups excluding carboxylic acids is 1. The summed E-state index contributed by atoms with van der Waals surface area (Å²) >= 11 is 12.8. The predicted molar refractivity (Wildman–Crippen MR) is 150 cm³/mol. The number of carbonyl (C=O) groups is 1. The first kappa shape index (κ1) is 26.2. The van der Waals surface area contributed by atoms with Crippen LogP contribution in [0.4, 0.5) is 0 Å². The number of aliphatic hydroxyl groups is 1. The lowest BCUT2D eigenvalue weighted by Crippen LogP contribution is -2.50. The van der Waals surface area contributed by atoms with E-state index in [2.05, 4.69) is 23.5 Å². The molecule has 2 N–H and O–H groups in total. The topological polar surface area (TPSA) is 52.6 Å². The van der Waals surface area contributed by atoms with Crippen LogP contribution < -0.4 is 5.32 Å². The van der Waals surface area contributed by atoms with Crippen LogP contribution in [0.15, 0.2) is 78.9 Å². The molecule has 194 valence electrons. The third kappa shape index (κ3) is 5.88. The van der Waals surface area contributed by atoms with Crippen LogP contribution in [0.5, 0.6) is 0 Å². The number of nitrogens with one attached hydrogen (secondary N) is 1. The van der Waals surface area contributed by atoms with Crippen LogP contribution in [0, 0.1) is 0 Å². The molecule has 3 aromatic rings. The SMILES string of the molecule is O=C1CCC(CCC2CC(O)(c3ccccc3)CCN2)(c2ccc(Cl)c(Cl)c2)CN1Cc1ccccc1. The van der Waals surface area contributed by atoms with Gasteiger partial charge in [0.15, 0.2) is 0 Å². The van der Waals surface area contributed by atoms with Gasteiger partial charge in [-0.05, 0) is 67.5 Å². The number of hydrogen-bond donors (Lipinski definition) is 2. The zero-order valence-electron chi connectivity index (χ0n) is 21.0. The molecule has 2 aliphatic heterocycles. The molecule has 0 saturated carbocycles. The zero-order valence-corrected chi connectivity index (χ0v) is 22.5. The Kier molecular flexibility index (Phi) is 7.92. The molecule has 6 heteroatoms. The standard InChI is InChI=1S/C31H34Cl2N2O2/c32-27-12-11-25(19-28(27)33)30(16-14-29(36)35(22-30)21-23-7-3-1-4-8-23)15-13-26-20-31(37,17-18-34-26)24-9-5-2-6-10-24/h1-12,19,26,34,37H,13-18,20-22H2. The van der Waals surface area contributed by atoms with Gasteiger partial charge in [0, 0.05) is 31.0 Å². The Hall–Kier alpha value is -2.37. The molecular formula is C31H34Cl2N2O2. The number of likely N-dealkylation sites (tertiary alicyclic amines) is 1. The lowest BCUT2D eigenvalue weighted by atomic mass is 9.69. The van der Waals surface area contributed by atoms with Crippen molar-refractivity contribution in [3.8, 4) is 0 Å². The monoisotopic (exact) mass is 536 g/mol. The first-order valence-corrected chi connectivity index (χ1v) is 13.9. The van der Waals surface area contributed by atoms with Gasteiger partial charge in [-0.3, -0.25) is 4.79 Å². The van der Waals surface area contributed by atoms with Crippen molar-refractivity contribution >= 4 is 29.1 Å².